The number of halogens is 4. The van der Waals surface area contributed by atoms with Gasteiger partial charge in [-0.3, -0.25) is 4.79 Å². The molecule has 0 fully saturated rings. The molecule has 0 aliphatic heterocycles. The van der Waals surface area contributed by atoms with Crippen molar-refractivity contribution in [3.05, 3.63) is 35.1 Å². The molecule has 6 nitrogen and oxygen atoms in total. The maximum atomic E-state index is 12.9. The maximum absolute atomic E-state index is 12.9. The third-order valence-electron chi connectivity index (χ3n) is 2.66. The van der Waals surface area contributed by atoms with E-state index in [0.29, 0.717) is 12.1 Å². The predicted molar refractivity (Wildman–Crippen MR) is 63.4 cm³/mol. The number of aliphatic carboxylic acids is 1. The number of hydrogen-bond acceptors (Lipinski definition) is 4. The Labute approximate surface area is 121 Å². The molecular formula is C12H11F4NO5. The summed E-state index contributed by atoms with van der Waals surface area (Å²) in [6.45, 7) is -1.03. The van der Waals surface area contributed by atoms with Crippen LogP contribution in [-0.4, -0.2) is 45.9 Å². The third-order valence-corrected chi connectivity index (χ3v) is 2.66. The van der Waals surface area contributed by atoms with Crippen LogP contribution >= 0.6 is 0 Å². The number of aliphatic hydroxyl groups is 2. The van der Waals surface area contributed by atoms with E-state index in [-0.39, 0.29) is 6.07 Å². The third kappa shape index (κ3) is 4.15. The fourth-order valence-corrected chi connectivity index (χ4v) is 1.60. The number of rotatable bonds is 5. The van der Waals surface area contributed by atoms with Gasteiger partial charge in [0.15, 0.2) is 6.04 Å². The lowest BCUT2D eigenvalue weighted by Gasteiger charge is -2.20. The smallest absolute Gasteiger partial charge is 0.417 e. The summed E-state index contributed by atoms with van der Waals surface area (Å²) < 4.78 is 51.2. The van der Waals surface area contributed by atoms with E-state index in [2.05, 4.69) is 0 Å². The van der Waals surface area contributed by atoms with Gasteiger partial charge in [0.1, 0.15) is 11.9 Å². The molecular weight excluding hydrogens is 314 g/mol. The number of carboxylic acid groups (broad SMARTS) is 1. The van der Waals surface area contributed by atoms with Crippen molar-refractivity contribution in [3.8, 4) is 0 Å². The minimum atomic E-state index is -5.04. The predicted octanol–water partition coefficient (Wildman–Crippen LogP) is 0.381. The SMILES string of the molecule is O=C(NC(C(=O)O)C(O)CO)c1ccc(F)cc1C(F)(F)F. The second kappa shape index (κ2) is 6.71. The molecule has 2 unspecified atom stereocenters. The molecule has 0 aliphatic carbocycles. The van der Waals surface area contributed by atoms with E-state index in [1.165, 1.54) is 0 Å². The fraction of sp³-hybridized carbons (Fsp3) is 0.333. The lowest BCUT2D eigenvalue weighted by Crippen LogP contribution is -2.50. The second-order valence-electron chi connectivity index (χ2n) is 4.23. The highest BCUT2D eigenvalue weighted by Crippen LogP contribution is 2.32. The van der Waals surface area contributed by atoms with Gasteiger partial charge in [-0.2, -0.15) is 13.2 Å². The summed E-state index contributed by atoms with van der Waals surface area (Å²) in [5, 5.41) is 28.3. The summed E-state index contributed by atoms with van der Waals surface area (Å²) in [6, 6.07) is -0.795. The van der Waals surface area contributed by atoms with Gasteiger partial charge >= 0.3 is 12.1 Å². The summed E-state index contributed by atoms with van der Waals surface area (Å²) in [7, 11) is 0. The van der Waals surface area contributed by atoms with Crippen LogP contribution in [0.2, 0.25) is 0 Å². The summed E-state index contributed by atoms with van der Waals surface area (Å²) >= 11 is 0. The lowest BCUT2D eigenvalue weighted by atomic mass is 10.0. The number of benzene rings is 1. The molecule has 0 spiro atoms. The highest BCUT2D eigenvalue weighted by molar-refractivity contribution is 5.98. The fourth-order valence-electron chi connectivity index (χ4n) is 1.60. The Kier molecular flexibility index (Phi) is 5.44. The van der Waals surface area contributed by atoms with Crippen molar-refractivity contribution in [2.45, 2.75) is 18.3 Å². The van der Waals surface area contributed by atoms with E-state index in [1.807, 2.05) is 0 Å². The minimum absolute atomic E-state index is 0.0904. The topological polar surface area (TPSA) is 107 Å². The molecule has 0 radical (unpaired) electrons. The molecule has 0 bridgehead atoms. The number of carboxylic acids is 1. The normalized spacial score (nSPS) is 14.3. The molecule has 4 N–H and O–H groups in total. The molecule has 22 heavy (non-hydrogen) atoms. The Morgan fingerprint density at radius 1 is 1.27 bits per heavy atom. The summed E-state index contributed by atoms with van der Waals surface area (Å²) in [5.74, 6) is -4.47. The number of nitrogens with one attached hydrogen (secondary N) is 1. The largest absolute Gasteiger partial charge is 0.480 e. The maximum Gasteiger partial charge on any atom is 0.417 e. The van der Waals surface area contributed by atoms with Gasteiger partial charge in [-0.05, 0) is 18.2 Å². The van der Waals surface area contributed by atoms with Crippen LogP contribution in [0.4, 0.5) is 17.6 Å². The molecule has 122 valence electrons. The van der Waals surface area contributed by atoms with Crippen molar-refractivity contribution < 1.29 is 42.5 Å². The van der Waals surface area contributed by atoms with Crippen molar-refractivity contribution in [2.24, 2.45) is 0 Å². The van der Waals surface area contributed by atoms with Gasteiger partial charge in [0.05, 0.1) is 17.7 Å². The average molecular weight is 325 g/mol. The van der Waals surface area contributed by atoms with Crippen LogP contribution in [-0.2, 0) is 11.0 Å². The lowest BCUT2D eigenvalue weighted by molar-refractivity contribution is -0.143. The number of alkyl halides is 3. The molecule has 0 aliphatic rings. The Morgan fingerprint density at radius 3 is 2.32 bits per heavy atom. The minimum Gasteiger partial charge on any atom is -0.480 e. The Morgan fingerprint density at radius 2 is 1.86 bits per heavy atom. The zero-order valence-electron chi connectivity index (χ0n) is 10.8. The molecule has 1 amide bonds. The first-order valence-electron chi connectivity index (χ1n) is 5.77. The molecule has 1 aromatic rings. The van der Waals surface area contributed by atoms with Crippen molar-refractivity contribution in [2.75, 3.05) is 6.61 Å². The highest BCUT2D eigenvalue weighted by Gasteiger charge is 2.37. The van der Waals surface area contributed by atoms with Gasteiger partial charge in [-0.15, -0.1) is 0 Å². The van der Waals surface area contributed by atoms with Crippen LogP contribution in [0.5, 0.6) is 0 Å². The zero-order valence-corrected chi connectivity index (χ0v) is 10.8. The van der Waals surface area contributed by atoms with Gasteiger partial charge in [0, 0.05) is 0 Å². The quantitative estimate of drug-likeness (QED) is 0.586. The first-order chi connectivity index (χ1) is 10.1. The first kappa shape index (κ1) is 17.9. The van der Waals surface area contributed by atoms with Crippen molar-refractivity contribution in [3.63, 3.8) is 0 Å². The summed E-state index contributed by atoms with van der Waals surface area (Å²) in [6.07, 6.45) is -6.96. The van der Waals surface area contributed by atoms with Gasteiger partial charge in [0.25, 0.3) is 5.91 Å². The van der Waals surface area contributed by atoms with Crippen LogP contribution in [0.3, 0.4) is 0 Å². The zero-order chi connectivity index (χ0) is 17.1. The molecule has 0 saturated carbocycles. The standard InChI is InChI=1S/C12H11F4NO5/c13-5-1-2-6(7(3-5)12(14,15)16)10(20)17-9(11(21)22)8(19)4-18/h1-3,8-9,18-19H,4H2,(H,17,20)(H,21,22). The number of hydrogen-bond donors (Lipinski definition) is 4. The van der Waals surface area contributed by atoms with Crippen LogP contribution in [0.25, 0.3) is 0 Å². The molecule has 10 heteroatoms. The van der Waals surface area contributed by atoms with Crippen LogP contribution < -0.4 is 5.32 Å². The van der Waals surface area contributed by atoms with E-state index in [0.717, 1.165) is 0 Å². The van der Waals surface area contributed by atoms with E-state index in [1.54, 1.807) is 5.32 Å². The molecule has 1 aromatic carbocycles. The molecule has 0 saturated heterocycles. The Hall–Kier alpha value is -2.20. The van der Waals surface area contributed by atoms with E-state index in [4.69, 9.17) is 10.2 Å². The van der Waals surface area contributed by atoms with Gasteiger partial charge in [-0.1, -0.05) is 0 Å². The average Bonchev–Trinajstić information content (AvgIpc) is 2.42. The first-order valence-corrected chi connectivity index (χ1v) is 5.77. The van der Waals surface area contributed by atoms with Crippen molar-refractivity contribution >= 4 is 11.9 Å². The van der Waals surface area contributed by atoms with E-state index >= 15 is 0 Å². The monoisotopic (exact) mass is 325 g/mol. The molecule has 0 heterocycles. The highest BCUT2D eigenvalue weighted by atomic mass is 19.4. The van der Waals surface area contributed by atoms with E-state index in [9.17, 15) is 32.3 Å². The van der Waals surface area contributed by atoms with Crippen LogP contribution in [0.15, 0.2) is 18.2 Å². The number of carbonyl (C=O) groups excluding carboxylic acids is 1. The number of amides is 1. The van der Waals surface area contributed by atoms with Gasteiger partial charge in [-0.25, -0.2) is 9.18 Å². The van der Waals surface area contributed by atoms with Crippen molar-refractivity contribution in [1.29, 1.82) is 0 Å². The van der Waals surface area contributed by atoms with Gasteiger partial charge < -0.3 is 20.6 Å². The molecule has 1 rings (SSSR count). The Balaban J connectivity index is 3.15. The summed E-state index contributed by atoms with van der Waals surface area (Å²) in [5.41, 5.74) is -2.60. The van der Waals surface area contributed by atoms with E-state index < -0.39 is 53.7 Å². The van der Waals surface area contributed by atoms with Crippen molar-refractivity contribution in [1.82, 2.24) is 5.32 Å². The molecule has 2 atom stereocenters. The molecule has 0 aromatic heterocycles. The second-order valence-corrected chi connectivity index (χ2v) is 4.23. The summed E-state index contributed by atoms with van der Waals surface area (Å²) in [4.78, 5) is 22.6. The number of aliphatic hydroxyl groups excluding tert-OH is 2. The van der Waals surface area contributed by atoms with Crippen LogP contribution in [0.1, 0.15) is 15.9 Å². The van der Waals surface area contributed by atoms with Gasteiger partial charge in [0.2, 0.25) is 0 Å². The number of carbonyl (C=O) groups is 2. The Bertz CT molecular complexity index is 575. The van der Waals surface area contributed by atoms with Crippen LogP contribution in [0, 0.1) is 5.82 Å².